The molecule has 2 saturated carbocycles. The molecule has 152 valence electrons. The molecule has 29 heavy (non-hydrogen) atoms. The first-order valence-corrected chi connectivity index (χ1v) is 10.5. The molecule has 2 fully saturated rings. The van der Waals surface area contributed by atoms with Gasteiger partial charge in [0.15, 0.2) is 0 Å². The van der Waals surface area contributed by atoms with E-state index in [0.717, 1.165) is 19.3 Å². The molecule has 2 aromatic carbocycles. The zero-order valence-electron chi connectivity index (χ0n) is 17.4. The average molecular weight is 392 g/mol. The number of carbonyl (C=O) groups is 2. The summed E-state index contributed by atoms with van der Waals surface area (Å²) in [4.78, 5) is 28.3. The van der Waals surface area contributed by atoms with Gasteiger partial charge in [0.1, 0.15) is 6.10 Å². The minimum atomic E-state index is -0.444. The number of nitrogens with zero attached hydrogens (tertiary/aromatic N) is 1. The van der Waals surface area contributed by atoms with Gasteiger partial charge in [-0.1, -0.05) is 50.2 Å². The van der Waals surface area contributed by atoms with E-state index < -0.39 is 5.54 Å². The van der Waals surface area contributed by atoms with Crippen molar-refractivity contribution < 1.29 is 14.3 Å². The number of hydrogen-bond acceptors (Lipinski definition) is 3. The molecular formula is C25H29NO3. The fourth-order valence-corrected chi connectivity index (χ4v) is 5.63. The highest BCUT2D eigenvalue weighted by Gasteiger charge is 2.66. The van der Waals surface area contributed by atoms with Crippen LogP contribution in [0.5, 0.6) is 0 Å². The summed E-state index contributed by atoms with van der Waals surface area (Å²) in [6.45, 7) is 6.98. The number of esters is 1. The van der Waals surface area contributed by atoms with Crippen molar-refractivity contribution in [2.75, 3.05) is 6.54 Å². The number of rotatable bonds is 5. The Labute approximate surface area is 172 Å². The lowest BCUT2D eigenvalue weighted by Gasteiger charge is -2.48. The van der Waals surface area contributed by atoms with Crippen LogP contribution in [0.4, 0.5) is 0 Å². The molecule has 3 atom stereocenters. The van der Waals surface area contributed by atoms with Crippen molar-refractivity contribution in [2.24, 2.45) is 11.3 Å². The van der Waals surface area contributed by atoms with Gasteiger partial charge in [0.2, 0.25) is 0 Å². The summed E-state index contributed by atoms with van der Waals surface area (Å²) in [7, 11) is 0. The Hall–Kier alpha value is -2.62. The normalized spacial score (nSPS) is 26.9. The summed E-state index contributed by atoms with van der Waals surface area (Å²) in [5.74, 6) is 0.153. The zero-order chi connectivity index (χ0) is 20.6. The first-order chi connectivity index (χ1) is 13.9. The van der Waals surface area contributed by atoms with Crippen LogP contribution in [0.2, 0.25) is 0 Å². The van der Waals surface area contributed by atoms with Gasteiger partial charge in [-0.05, 0) is 56.4 Å². The van der Waals surface area contributed by atoms with E-state index in [9.17, 15) is 9.59 Å². The van der Waals surface area contributed by atoms with E-state index in [0.29, 0.717) is 23.6 Å². The number of benzene rings is 2. The molecule has 2 aromatic rings. The summed E-state index contributed by atoms with van der Waals surface area (Å²) in [6, 6.07) is 18.5. The van der Waals surface area contributed by atoms with Crippen LogP contribution in [-0.4, -0.2) is 35.0 Å². The second kappa shape index (κ2) is 7.33. The fourth-order valence-electron chi connectivity index (χ4n) is 5.63. The number of amides is 1. The Morgan fingerprint density at radius 1 is 1.00 bits per heavy atom. The van der Waals surface area contributed by atoms with E-state index in [1.807, 2.05) is 60.4 Å². The molecule has 0 saturated heterocycles. The molecule has 0 heterocycles. The largest absolute Gasteiger partial charge is 0.456 e. The molecule has 1 amide bonds. The van der Waals surface area contributed by atoms with Crippen LogP contribution in [0.25, 0.3) is 0 Å². The van der Waals surface area contributed by atoms with E-state index >= 15 is 0 Å². The van der Waals surface area contributed by atoms with E-state index in [4.69, 9.17) is 4.74 Å². The lowest BCUT2D eigenvalue weighted by atomic mass is 9.71. The van der Waals surface area contributed by atoms with Gasteiger partial charge in [-0.3, -0.25) is 4.79 Å². The Bertz CT molecular complexity index is 893. The third-order valence-corrected chi connectivity index (χ3v) is 7.10. The van der Waals surface area contributed by atoms with Gasteiger partial charge in [-0.25, -0.2) is 4.79 Å². The van der Waals surface area contributed by atoms with Crippen molar-refractivity contribution in [1.82, 2.24) is 4.90 Å². The Kier molecular flexibility index (Phi) is 4.97. The molecule has 0 N–H and O–H groups in total. The number of carbonyl (C=O) groups excluding carboxylic acids is 2. The molecule has 4 nitrogen and oxygen atoms in total. The van der Waals surface area contributed by atoms with Crippen molar-refractivity contribution in [3.05, 3.63) is 71.8 Å². The predicted molar refractivity (Wildman–Crippen MR) is 113 cm³/mol. The fraction of sp³-hybridized carbons (Fsp3) is 0.440. The molecule has 0 aromatic heterocycles. The molecule has 4 rings (SSSR count). The van der Waals surface area contributed by atoms with Crippen molar-refractivity contribution in [3.63, 3.8) is 0 Å². The minimum Gasteiger partial charge on any atom is -0.456 e. The first kappa shape index (κ1) is 19.7. The van der Waals surface area contributed by atoms with Gasteiger partial charge in [0.05, 0.1) is 11.1 Å². The van der Waals surface area contributed by atoms with E-state index in [1.54, 1.807) is 12.1 Å². The smallest absolute Gasteiger partial charge is 0.338 e. The average Bonchev–Trinajstić information content (AvgIpc) is 3.27. The molecule has 0 unspecified atom stereocenters. The SMILES string of the molecule is CCN(C(=O)c1ccccc1)[C@@]12CC[C@@H](C1)C(C)(C)[C@@H]2OC(=O)c1ccccc1. The van der Waals surface area contributed by atoms with Gasteiger partial charge >= 0.3 is 5.97 Å². The van der Waals surface area contributed by atoms with Gasteiger partial charge in [-0.2, -0.15) is 0 Å². The standard InChI is InChI=1S/C25H29NO3/c1-4-26(21(27)18-11-7-5-8-12-18)25-16-15-20(17-25)24(2,3)23(25)29-22(28)19-13-9-6-10-14-19/h5-14,20,23H,4,15-17H2,1-3H3/t20-,23-,25-/m0/s1. The maximum absolute atomic E-state index is 13.4. The van der Waals surface area contributed by atoms with Gasteiger partial charge in [-0.15, -0.1) is 0 Å². The molecular weight excluding hydrogens is 362 g/mol. The highest BCUT2D eigenvalue weighted by atomic mass is 16.5. The quantitative estimate of drug-likeness (QED) is 0.677. The van der Waals surface area contributed by atoms with Crippen LogP contribution >= 0.6 is 0 Å². The van der Waals surface area contributed by atoms with E-state index in [1.165, 1.54) is 0 Å². The predicted octanol–water partition coefficient (Wildman–Crippen LogP) is 4.95. The number of hydrogen-bond donors (Lipinski definition) is 0. The molecule has 0 spiro atoms. The highest BCUT2D eigenvalue weighted by molar-refractivity contribution is 5.95. The molecule has 0 aliphatic heterocycles. The number of fused-ring (bicyclic) bond motifs is 2. The van der Waals surface area contributed by atoms with Crippen LogP contribution < -0.4 is 0 Å². The maximum atomic E-state index is 13.4. The molecule has 2 bridgehead atoms. The summed E-state index contributed by atoms with van der Waals surface area (Å²) < 4.78 is 6.19. The monoisotopic (exact) mass is 391 g/mol. The molecule has 2 aliphatic rings. The number of ether oxygens (including phenoxy) is 1. The molecule has 0 radical (unpaired) electrons. The maximum Gasteiger partial charge on any atom is 0.338 e. The van der Waals surface area contributed by atoms with Crippen molar-refractivity contribution in [2.45, 2.75) is 51.7 Å². The highest BCUT2D eigenvalue weighted by Crippen LogP contribution is 2.61. The third-order valence-electron chi connectivity index (χ3n) is 7.10. The van der Waals surface area contributed by atoms with Crippen molar-refractivity contribution in [3.8, 4) is 0 Å². The van der Waals surface area contributed by atoms with Gasteiger partial charge in [0, 0.05) is 17.5 Å². The van der Waals surface area contributed by atoms with Crippen LogP contribution in [0.3, 0.4) is 0 Å². The topological polar surface area (TPSA) is 46.6 Å². The lowest BCUT2D eigenvalue weighted by Crippen LogP contribution is -2.60. The molecule has 4 heteroatoms. The van der Waals surface area contributed by atoms with Crippen LogP contribution in [-0.2, 0) is 4.74 Å². The summed E-state index contributed by atoms with van der Waals surface area (Å²) in [5, 5.41) is 0. The van der Waals surface area contributed by atoms with Crippen LogP contribution in [0, 0.1) is 11.3 Å². The summed E-state index contributed by atoms with van der Waals surface area (Å²) in [6.07, 6.45) is 2.50. The Morgan fingerprint density at radius 2 is 1.59 bits per heavy atom. The van der Waals surface area contributed by atoms with Crippen LogP contribution in [0.15, 0.2) is 60.7 Å². The van der Waals surface area contributed by atoms with Gasteiger partial charge < -0.3 is 9.64 Å². The molecule has 2 aliphatic carbocycles. The van der Waals surface area contributed by atoms with E-state index in [2.05, 4.69) is 13.8 Å². The Morgan fingerprint density at radius 3 is 2.17 bits per heavy atom. The second-order valence-electron chi connectivity index (χ2n) is 8.93. The van der Waals surface area contributed by atoms with Gasteiger partial charge in [0.25, 0.3) is 5.91 Å². The Balaban J connectivity index is 1.69. The van der Waals surface area contributed by atoms with E-state index in [-0.39, 0.29) is 23.4 Å². The minimum absolute atomic E-state index is 0.0206. The number of likely N-dealkylation sites (N-methyl/N-ethyl adjacent to an activating group) is 1. The van der Waals surface area contributed by atoms with Crippen molar-refractivity contribution in [1.29, 1.82) is 0 Å². The van der Waals surface area contributed by atoms with Crippen molar-refractivity contribution >= 4 is 11.9 Å². The zero-order valence-corrected chi connectivity index (χ0v) is 17.4. The second-order valence-corrected chi connectivity index (χ2v) is 8.93. The summed E-state index contributed by atoms with van der Waals surface area (Å²) in [5.41, 5.74) is 0.622. The third kappa shape index (κ3) is 3.15. The first-order valence-electron chi connectivity index (χ1n) is 10.5. The van der Waals surface area contributed by atoms with Crippen LogP contribution in [0.1, 0.15) is 60.7 Å². The summed E-state index contributed by atoms with van der Waals surface area (Å²) >= 11 is 0. The lowest BCUT2D eigenvalue weighted by molar-refractivity contribution is -0.0756.